The number of aromatic nitrogens is 2. The van der Waals surface area contributed by atoms with Gasteiger partial charge in [-0.25, -0.2) is 0 Å². The van der Waals surface area contributed by atoms with Crippen LogP contribution >= 0.6 is 0 Å². The molecule has 0 spiro atoms. The fourth-order valence-corrected chi connectivity index (χ4v) is 1.01. The van der Waals surface area contributed by atoms with Gasteiger partial charge in [0.1, 0.15) is 0 Å². The number of alkyl halides is 5. The van der Waals surface area contributed by atoms with Crippen molar-refractivity contribution in [3.8, 4) is 0 Å². The van der Waals surface area contributed by atoms with E-state index >= 15 is 0 Å². The lowest BCUT2D eigenvalue weighted by Gasteiger charge is -2.19. The zero-order chi connectivity index (χ0) is 11.9. The number of anilines is 1. The topological polar surface area (TPSA) is 43.8 Å². The molecule has 0 aliphatic carbocycles. The average Bonchev–Trinajstić information content (AvgIpc) is 2.33. The van der Waals surface area contributed by atoms with E-state index < -0.39 is 18.5 Å². The predicted octanol–water partition coefficient (Wildman–Crippen LogP) is 1.74. The first kappa shape index (κ1) is 11.7. The Morgan fingerprint density at radius 2 is 1.87 bits per heavy atom. The highest BCUT2D eigenvalue weighted by molar-refractivity contribution is 5.41. The standard InChI is InChI=1S/C7H8F5N3/c1-15-5(4(13)3-14-15)2-6(8,9)7(10,11)12/h3H,2,13H2,1H3. The SMILES string of the molecule is Cn1ncc(N)c1CC(F)(F)C(F)(F)F. The Bertz CT molecular complexity index is 334. The summed E-state index contributed by atoms with van der Waals surface area (Å²) in [6, 6.07) is 0. The molecule has 0 unspecified atom stereocenters. The zero-order valence-electron chi connectivity index (χ0n) is 7.65. The molecule has 1 aromatic rings. The minimum Gasteiger partial charge on any atom is -0.396 e. The fourth-order valence-electron chi connectivity index (χ4n) is 1.01. The first-order valence-electron chi connectivity index (χ1n) is 3.86. The molecular weight excluding hydrogens is 221 g/mol. The number of hydrogen-bond donors (Lipinski definition) is 1. The molecule has 0 aliphatic rings. The largest absolute Gasteiger partial charge is 0.453 e. The van der Waals surface area contributed by atoms with E-state index in [4.69, 9.17) is 5.73 Å². The molecule has 0 saturated heterocycles. The molecule has 2 N–H and O–H groups in total. The van der Waals surface area contributed by atoms with Crippen LogP contribution in [0.1, 0.15) is 5.69 Å². The molecule has 0 bridgehead atoms. The molecule has 0 radical (unpaired) electrons. The van der Waals surface area contributed by atoms with Crippen LogP contribution in [-0.2, 0) is 13.5 Å². The Kier molecular flexibility index (Phi) is 2.62. The summed E-state index contributed by atoms with van der Waals surface area (Å²) >= 11 is 0. The van der Waals surface area contributed by atoms with Crippen LogP contribution in [0, 0.1) is 0 Å². The maximum absolute atomic E-state index is 12.6. The highest BCUT2D eigenvalue weighted by Crippen LogP contribution is 2.38. The number of nitrogens with zero attached hydrogens (tertiary/aromatic N) is 2. The van der Waals surface area contributed by atoms with Crippen LogP contribution in [0.25, 0.3) is 0 Å². The summed E-state index contributed by atoms with van der Waals surface area (Å²) in [5, 5.41) is 3.47. The number of halogens is 5. The number of aryl methyl sites for hydroxylation is 1. The van der Waals surface area contributed by atoms with E-state index in [0.29, 0.717) is 0 Å². The van der Waals surface area contributed by atoms with Gasteiger partial charge < -0.3 is 5.73 Å². The quantitative estimate of drug-likeness (QED) is 0.785. The second-order valence-electron chi connectivity index (χ2n) is 3.05. The van der Waals surface area contributed by atoms with Crippen LogP contribution in [0.4, 0.5) is 27.6 Å². The summed E-state index contributed by atoms with van der Waals surface area (Å²) in [5.74, 6) is -4.80. The molecule has 0 aliphatic heterocycles. The molecule has 0 fully saturated rings. The summed E-state index contributed by atoms with van der Waals surface area (Å²) in [5.41, 5.74) is 4.69. The molecule has 0 amide bonds. The highest BCUT2D eigenvalue weighted by atomic mass is 19.4. The Morgan fingerprint density at radius 3 is 2.20 bits per heavy atom. The summed E-state index contributed by atoms with van der Waals surface area (Å²) in [6.07, 6.45) is -6.05. The van der Waals surface area contributed by atoms with Crippen LogP contribution in [0.3, 0.4) is 0 Å². The van der Waals surface area contributed by atoms with E-state index in [9.17, 15) is 22.0 Å². The third-order valence-corrected chi connectivity index (χ3v) is 1.90. The van der Waals surface area contributed by atoms with Crippen molar-refractivity contribution in [3.05, 3.63) is 11.9 Å². The van der Waals surface area contributed by atoms with E-state index in [1.54, 1.807) is 0 Å². The third kappa shape index (κ3) is 2.18. The van der Waals surface area contributed by atoms with Gasteiger partial charge in [-0.1, -0.05) is 0 Å². The van der Waals surface area contributed by atoms with Crippen molar-refractivity contribution in [2.24, 2.45) is 7.05 Å². The van der Waals surface area contributed by atoms with Gasteiger partial charge in [-0.2, -0.15) is 27.1 Å². The van der Waals surface area contributed by atoms with Gasteiger partial charge in [0.05, 0.1) is 24.0 Å². The molecule has 15 heavy (non-hydrogen) atoms. The van der Waals surface area contributed by atoms with Gasteiger partial charge in [-0.3, -0.25) is 4.68 Å². The monoisotopic (exact) mass is 229 g/mol. The van der Waals surface area contributed by atoms with E-state index in [0.717, 1.165) is 10.9 Å². The van der Waals surface area contributed by atoms with Gasteiger partial charge in [-0.05, 0) is 0 Å². The Balaban J connectivity index is 2.96. The average molecular weight is 229 g/mol. The smallest absolute Gasteiger partial charge is 0.396 e. The lowest BCUT2D eigenvalue weighted by Crippen LogP contribution is -2.39. The van der Waals surface area contributed by atoms with Crippen molar-refractivity contribution in [2.75, 3.05) is 5.73 Å². The van der Waals surface area contributed by atoms with E-state index in [2.05, 4.69) is 5.10 Å². The minimum atomic E-state index is -5.58. The maximum Gasteiger partial charge on any atom is 0.453 e. The first-order chi connectivity index (χ1) is 6.65. The van der Waals surface area contributed by atoms with E-state index in [-0.39, 0.29) is 11.4 Å². The van der Waals surface area contributed by atoms with Crippen LogP contribution in [0.15, 0.2) is 6.20 Å². The number of hydrogen-bond acceptors (Lipinski definition) is 2. The van der Waals surface area contributed by atoms with Gasteiger partial charge in [-0.15, -0.1) is 0 Å². The maximum atomic E-state index is 12.6. The summed E-state index contributed by atoms with van der Waals surface area (Å²) in [7, 11) is 1.25. The predicted molar refractivity (Wildman–Crippen MR) is 42.3 cm³/mol. The second kappa shape index (κ2) is 3.35. The number of nitrogens with two attached hydrogens (primary N) is 1. The van der Waals surface area contributed by atoms with Crippen molar-refractivity contribution in [2.45, 2.75) is 18.5 Å². The molecule has 8 heteroatoms. The van der Waals surface area contributed by atoms with E-state index in [1.807, 2.05) is 0 Å². The number of nitrogen functional groups attached to an aromatic ring is 1. The lowest BCUT2D eigenvalue weighted by atomic mass is 10.1. The molecule has 1 rings (SSSR count). The van der Waals surface area contributed by atoms with Crippen molar-refractivity contribution < 1.29 is 22.0 Å². The first-order valence-corrected chi connectivity index (χ1v) is 3.86. The third-order valence-electron chi connectivity index (χ3n) is 1.90. The van der Waals surface area contributed by atoms with Crippen molar-refractivity contribution in [1.82, 2.24) is 9.78 Å². The van der Waals surface area contributed by atoms with Crippen LogP contribution < -0.4 is 5.73 Å². The van der Waals surface area contributed by atoms with E-state index in [1.165, 1.54) is 7.05 Å². The summed E-state index contributed by atoms with van der Waals surface area (Å²) < 4.78 is 61.8. The molecule has 86 valence electrons. The Morgan fingerprint density at radius 1 is 1.33 bits per heavy atom. The minimum absolute atomic E-state index is 0.179. The normalized spacial score (nSPS) is 13.2. The number of rotatable bonds is 2. The lowest BCUT2D eigenvalue weighted by molar-refractivity contribution is -0.281. The Hall–Kier alpha value is -1.34. The van der Waals surface area contributed by atoms with Crippen molar-refractivity contribution >= 4 is 5.69 Å². The molecule has 1 heterocycles. The summed E-state index contributed by atoms with van der Waals surface area (Å²) in [6.45, 7) is 0. The van der Waals surface area contributed by atoms with Gasteiger partial charge >= 0.3 is 12.1 Å². The Labute approximate surface area is 81.7 Å². The molecule has 0 saturated carbocycles. The fraction of sp³-hybridized carbons (Fsp3) is 0.571. The molecule has 3 nitrogen and oxygen atoms in total. The molecule has 0 atom stereocenters. The second-order valence-corrected chi connectivity index (χ2v) is 3.05. The molecular formula is C7H8F5N3. The van der Waals surface area contributed by atoms with Crippen LogP contribution in [0.2, 0.25) is 0 Å². The van der Waals surface area contributed by atoms with Crippen molar-refractivity contribution in [1.29, 1.82) is 0 Å². The van der Waals surface area contributed by atoms with Gasteiger partial charge in [0.15, 0.2) is 0 Å². The summed E-state index contributed by atoms with van der Waals surface area (Å²) in [4.78, 5) is 0. The van der Waals surface area contributed by atoms with Crippen LogP contribution in [-0.4, -0.2) is 21.9 Å². The van der Waals surface area contributed by atoms with Gasteiger partial charge in [0.25, 0.3) is 0 Å². The van der Waals surface area contributed by atoms with Gasteiger partial charge in [0.2, 0.25) is 0 Å². The van der Waals surface area contributed by atoms with Crippen LogP contribution in [0.5, 0.6) is 0 Å². The van der Waals surface area contributed by atoms with Crippen molar-refractivity contribution in [3.63, 3.8) is 0 Å². The molecule has 0 aromatic carbocycles. The highest BCUT2D eigenvalue weighted by Gasteiger charge is 2.57. The van der Waals surface area contributed by atoms with Gasteiger partial charge in [0, 0.05) is 7.05 Å². The zero-order valence-corrected chi connectivity index (χ0v) is 7.65. The molecule has 1 aromatic heterocycles.